The second-order valence-electron chi connectivity index (χ2n) is 5.79. The van der Waals surface area contributed by atoms with Crippen LogP contribution in [0, 0.1) is 5.92 Å². The molecule has 1 spiro atoms. The lowest BCUT2D eigenvalue weighted by atomic mass is 9.71. The molecule has 0 saturated carbocycles. The molecule has 2 bridgehead atoms. The standard InChI is InChI=1S/C12H19F3N2/c13-12(14,15)9-17-5-1-4-11(17)8-16-6-2-10(11)3-7-16/h10H,1-9H2. The SMILES string of the molecule is FC(F)(F)CN1CCCC12CN1CCC2CC1. The number of hydrogen-bond donors (Lipinski definition) is 0. The summed E-state index contributed by atoms with van der Waals surface area (Å²) in [6, 6.07) is 0. The van der Waals surface area contributed by atoms with Gasteiger partial charge in [-0.2, -0.15) is 13.2 Å². The second kappa shape index (κ2) is 3.85. The quantitative estimate of drug-likeness (QED) is 0.701. The van der Waals surface area contributed by atoms with Crippen LogP contribution in [-0.4, -0.2) is 54.2 Å². The fraction of sp³-hybridized carbons (Fsp3) is 1.00. The molecule has 0 aliphatic carbocycles. The van der Waals surface area contributed by atoms with Gasteiger partial charge in [0.25, 0.3) is 0 Å². The average Bonchev–Trinajstić information content (AvgIpc) is 2.61. The summed E-state index contributed by atoms with van der Waals surface area (Å²) < 4.78 is 37.9. The number of halogens is 3. The molecule has 5 heteroatoms. The lowest BCUT2D eigenvalue weighted by Gasteiger charge is -2.55. The molecule has 0 aromatic carbocycles. The summed E-state index contributed by atoms with van der Waals surface area (Å²) in [5.41, 5.74) is -0.147. The number of rotatable bonds is 1. The predicted molar refractivity (Wildman–Crippen MR) is 58.8 cm³/mol. The van der Waals surface area contributed by atoms with Gasteiger partial charge in [-0.05, 0) is 51.2 Å². The van der Waals surface area contributed by atoms with Crippen molar-refractivity contribution in [1.82, 2.24) is 9.80 Å². The summed E-state index contributed by atoms with van der Waals surface area (Å²) in [4.78, 5) is 4.09. The topological polar surface area (TPSA) is 6.48 Å². The highest BCUT2D eigenvalue weighted by molar-refractivity contribution is 5.08. The molecule has 0 amide bonds. The van der Waals surface area contributed by atoms with E-state index in [1.54, 1.807) is 4.90 Å². The Morgan fingerprint density at radius 1 is 1.12 bits per heavy atom. The molecule has 0 radical (unpaired) electrons. The molecule has 4 fully saturated rings. The van der Waals surface area contributed by atoms with Crippen LogP contribution in [0.25, 0.3) is 0 Å². The predicted octanol–water partition coefficient (Wildman–Crippen LogP) is 2.11. The van der Waals surface area contributed by atoms with Crippen molar-refractivity contribution in [3.05, 3.63) is 0 Å². The zero-order chi connectivity index (χ0) is 12.1. The van der Waals surface area contributed by atoms with Gasteiger partial charge in [-0.3, -0.25) is 4.90 Å². The van der Waals surface area contributed by atoms with Gasteiger partial charge in [-0.25, -0.2) is 0 Å². The van der Waals surface area contributed by atoms with Crippen LogP contribution in [0.1, 0.15) is 25.7 Å². The van der Waals surface area contributed by atoms with E-state index >= 15 is 0 Å². The van der Waals surface area contributed by atoms with E-state index in [1.807, 2.05) is 0 Å². The largest absolute Gasteiger partial charge is 0.401 e. The lowest BCUT2D eigenvalue weighted by molar-refractivity contribution is -0.168. The first-order chi connectivity index (χ1) is 8.00. The highest BCUT2D eigenvalue weighted by Crippen LogP contribution is 2.46. The Hall–Kier alpha value is -0.290. The van der Waals surface area contributed by atoms with E-state index in [0.29, 0.717) is 12.5 Å². The fourth-order valence-electron chi connectivity index (χ4n) is 4.20. The van der Waals surface area contributed by atoms with Crippen molar-refractivity contribution in [2.75, 3.05) is 32.7 Å². The fourth-order valence-corrected chi connectivity index (χ4v) is 4.20. The molecule has 17 heavy (non-hydrogen) atoms. The van der Waals surface area contributed by atoms with E-state index in [0.717, 1.165) is 45.3 Å². The van der Waals surface area contributed by atoms with Crippen molar-refractivity contribution in [3.63, 3.8) is 0 Å². The van der Waals surface area contributed by atoms with E-state index in [4.69, 9.17) is 0 Å². The highest BCUT2D eigenvalue weighted by Gasteiger charge is 2.54. The number of alkyl halides is 3. The molecule has 2 nitrogen and oxygen atoms in total. The summed E-state index contributed by atoms with van der Waals surface area (Å²) in [6.07, 6.45) is 0.0245. The summed E-state index contributed by atoms with van der Waals surface area (Å²) in [5, 5.41) is 0. The van der Waals surface area contributed by atoms with E-state index in [9.17, 15) is 13.2 Å². The maximum absolute atomic E-state index is 12.6. The summed E-state index contributed by atoms with van der Waals surface area (Å²) in [6.45, 7) is 2.97. The molecule has 4 aliphatic rings. The molecule has 4 saturated heterocycles. The molecular formula is C12H19F3N2. The molecule has 0 N–H and O–H groups in total. The van der Waals surface area contributed by atoms with Gasteiger partial charge in [-0.1, -0.05) is 0 Å². The third-order valence-corrected chi connectivity index (χ3v) is 4.88. The van der Waals surface area contributed by atoms with Crippen molar-refractivity contribution >= 4 is 0 Å². The minimum Gasteiger partial charge on any atom is -0.301 e. The molecule has 98 valence electrons. The van der Waals surface area contributed by atoms with Gasteiger partial charge in [0.2, 0.25) is 0 Å². The third-order valence-electron chi connectivity index (χ3n) is 4.88. The van der Waals surface area contributed by atoms with Crippen molar-refractivity contribution < 1.29 is 13.2 Å². The van der Waals surface area contributed by atoms with Gasteiger partial charge in [-0.15, -0.1) is 0 Å². The summed E-state index contributed by atoms with van der Waals surface area (Å²) >= 11 is 0. The van der Waals surface area contributed by atoms with Gasteiger partial charge in [0.1, 0.15) is 0 Å². The van der Waals surface area contributed by atoms with E-state index in [1.165, 1.54) is 0 Å². The number of hydrogen-bond acceptors (Lipinski definition) is 2. The number of piperidine rings is 3. The number of nitrogens with zero attached hydrogens (tertiary/aromatic N) is 2. The van der Waals surface area contributed by atoms with E-state index in [2.05, 4.69) is 4.90 Å². The van der Waals surface area contributed by atoms with Crippen LogP contribution in [-0.2, 0) is 0 Å². The highest BCUT2D eigenvalue weighted by atomic mass is 19.4. The van der Waals surface area contributed by atoms with Crippen LogP contribution < -0.4 is 0 Å². The smallest absolute Gasteiger partial charge is 0.301 e. The third kappa shape index (κ3) is 1.97. The molecule has 0 aromatic rings. The molecule has 1 atom stereocenters. The Kier molecular flexibility index (Phi) is 2.67. The van der Waals surface area contributed by atoms with Crippen LogP contribution in [0.4, 0.5) is 13.2 Å². The van der Waals surface area contributed by atoms with Gasteiger partial charge in [0.05, 0.1) is 6.54 Å². The Bertz CT molecular complexity index is 297. The zero-order valence-electron chi connectivity index (χ0n) is 9.97. The van der Waals surface area contributed by atoms with Crippen molar-refractivity contribution in [2.45, 2.75) is 37.4 Å². The summed E-state index contributed by atoms with van der Waals surface area (Å²) in [5.74, 6) is 0.498. The zero-order valence-corrected chi connectivity index (χ0v) is 9.97. The average molecular weight is 248 g/mol. The Morgan fingerprint density at radius 2 is 1.82 bits per heavy atom. The maximum atomic E-state index is 12.6. The van der Waals surface area contributed by atoms with Crippen molar-refractivity contribution in [2.24, 2.45) is 5.92 Å². The minimum absolute atomic E-state index is 0.147. The van der Waals surface area contributed by atoms with Crippen LogP contribution in [0.2, 0.25) is 0 Å². The monoisotopic (exact) mass is 248 g/mol. The Morgan fingerprint density at radius 3 is 2.35 bits per heavy atom. The van der Waals surface area contributed by atoms with Crippen LogP contribution in [0.5, 0.6) is 0 Å². The van der Waals surface area contributed by atoms with Crippen molar-refractivity contribution in [1.29, 1.82) is 0 Å². The Balaban J connectivity index is 1.80. The van der Waals surface area contributed by atoms with E-state index in [-0.39, 0.29) is 5.54 Å². The van der Waals surface area contributed by atoms with Crippen LogP contribution in [0.15, 0.2) is 0 Å². The van der Waals surface area contributed by atoms with Crippen molar-refractivity contribution in [3.8, 4) is 0 Å². The number of likely N-dealkylation sites (tertiary alicyclic amines) is 1. The van der Waals surface area contributed by atoms with E-state index < -0.39 is 12.7 Å². The van der Waals surface area contributed by atoms with Gasteiger partial charge < -0.3 is 4.90 Å². The molecular weight excluding hydrogens is 229 g/mol. The molecule has 4 rings (SSSR count). The van der Waals surface area contributed by atoms with Gasteiger partial charge in [0.15, 0.2) is 0 Å². The first-order valence-electron chi connectivity index (χ1n) is 6.54. The first kappa shape index (κ1) is 11.8. The molecule has 4 heterocycles. The normalized spacial score (nSPS) is 42.5. The molecule has 0 aromatic heterocycles. The lowest BCUT2D eigenvalue weighted by Crippen LogP contribution is -2.65. The molecule has 1 unspecified atom stereocenters. The van der Waals surface area contributed by atoms with Crippen LogP contribution in [0.3, 0.4) is 0 Å². The Labute approximate surface area is 99.8 Å². The first-order valence-corrected chi connectivity index (χ1v) is 6.54. The van der Waals surface area contributed by atoms with Gasteiger partial charge >= 0.3 is 6.18 Å². The second-order valence-corrected chi connectivity index (χ2v) is 5.79. The number of fused-ring (bicyclic) bond motifs is 2. The summed E-state index contributed by atoms with van der Waals surface area (Å²) in [7, 11) is 0. The van der Waals surface area contributed by atoms with Crippen LogP contribution >= 0.6 is 0 Å². The van der Waals surface area contributed by atoms with Gasteiger partial charge in [0, 0.05) is 12.1 Å². The minimum atomic E-state index is -4.05. The molecule has 4 aliphatic heterocycles. The maximum Gasteiger partial charge on any atom is 0.401 e.